The monoisotopic (exact) mass is 206 g/mol. The molecule has 15 heavy (non-hydrogen) atoms. The second kappa shape index (κ2) is 4.79. The standard InChI is InChI=1S/C12H15FN2/c1-3-8-12(2,9-14)15-11-7-5-4-6-10(11)13/h4-7,15H,3,8H2,1-2H3. The summed E-state index contributed by atoms with van der Waals surface area (Å²) in [4.78, 5) is 0. The molecule has 1 atom stereocenters. The zero-order valence-electron chi connectivity index (χ0n) is 9.05. The first kappa shape index (κ1) is 11.5. The third-order valence-electron chi connectivity index (χ3n) is 2.28. The van der Waals surface area contributed by atoms with E-state index in [1.165, 1.54) is 6.07 Å². The second-order valence-electron chi connectivity index (χ2n) is 3.80. The average Bonchev–Trinajstić information content (AvgIpc) is 2.22. The Morgan fingerprint density at radius 1 is 1.47 bits per heavy atom. The number of anilines is 1. The van der Waals surface area contributed by atoms with Crippen molar-refractivity contribution in [2.75, 3.05) is 5.32 Å². The maximum absolute atomic E-state index is 13.3. The summed E-state index contributed by atoms with van der Waals surface area (Å²) in [7, 11) is 0. The second-order valence-corrected chi connectivity index (χ2v) is 3.80. The van der Waals surface area contributed by atoms with Crippen molar-refractivity contribution >= 4 is 5.69 Å². The highest BCUT2D eigenvalue weighted by Gasteiger charge is 2.23. The number of halogens is 1. The van der Waals surface area contributed by atoms with Crippen molar-refractivity contribution in [3.05, 3.63) is 30.1 Å². The van der Waals surface area contributed by atoms with Crippen molar-refractivity contribution in [3.8, 4) is 6.07 Å². The molecule has 3 heteroatoms. The van der Waals surface area contributed by atoms with Crippen LogP contribution >= 0.6 is 0 Å². The third kappa shape index (κ3) is 2.95. The number of benzene rings is 1. The van der Waals surface area contributed by atoms with Gasteiger partial charge in [0.05, 0.1) is 11.8 Å². The fourth-order valence-corrected chi connectivity index (χ4v) is 1.51. The van der Waals surface area contributed by atoms with Gasteiger partial charge in [0.2, 0.25) is 0 Å². The highest BCUT2D eigenvalue weighted by molar-refractivity contribution is 5.48. The zero-order chi connectivity index (χ0) is 11.3. The number of nitriles is 1. The van der Waals surface area contributed by atoms with Gasteiger partial charge < -0.3 is 5.32 Å². The lowest BCUT2D eigenvalue weighted by Crippen LogP contribution is -2.32. The van der Waals surface area contributed by atoms with E-state index >= 15 is 0 Å². The van der Waals surface area contributed by atoms with E-state index in [9.17, 15) is 4.39 Å². The first-order chi connectivity index (χ1) is 7.11. The molecule has 0 aliphatic carbocycles. The highest BCUT2D eigenvalue weighted by atomic mass is 19.1. The Morgan fingerprint density at radius 3 is 2.67 bits per heavy atom. The molecular weight excluding hydrogens is 191 g/mol. The minimum atomic E-state index is -0.697. The predicted octanol–water partition coefficient (Wildman–Crippen LogP) is 3.32. The van der Waals surface area contributed by atoms with Gasteiger partial charge in [-0.05, 0) is 25.5 Å². The smallest absolute Gasteiger partial charge is 0.146 e. The molecule has 0 radical (unpaired) electrons. The van der Waals surface area contributed by atoms with E-state index in [4.69, 9.17) is 5.26 Å². The molecule has 2 nitrogen and oxygen atoms in total. The number of nitrogens with zero attached hydrogens (tertiary/aromatic N) is 1. The van der Waals surface area contributed by atoms with Gasteiger partial charge in [0.25, 0.3) is 0 Å². The third-order valence-corrected chi connectivity index (χ3v) is 2.28. The summed E-state index contributed by atoms with van der Waals surface area (Å²) in [6.45, 7) is 3.78. The largest absolute Gasteiger partial charge is 0.365 e. The Kier molecular flexibility index (Phi) is 3.68. The van der Waals surface area contributed by atoms with Crippen LogP contribution < -0.4 is 5.32 Å². The molecule has 1 aromatic carbocycles. The van der Waals surface area contributed by atoms with Crippen molar-refractivity contribution in [1.29, 1.82) is 5.26 Å². The van der Waals surface area contributed by atoms with Crippen LogP contribution in [0.4, 0.5) is 10.1 Å². The van der Waals surface area contributed by atoms with Crippen molar-refractivity contribution in [1.82, 2.24) is 0 Å². The van der Waals surface area contributed by atoms with Crippen LogP contribution in [-0.2, 0) is 0 Å². The quantitative estimate of drug-likeness (QED) is 0.820. The molecule has 0 spiro atoms. The first-order valence-electron chi connectivity index (χ1n) is 5.05. The van der Waals surface area contributed by atoms with Crippen LogP contribution in [0.5, 0.6) is 0 Å². The summed E-state index contributed by atoms with van der Waals surface area (Å²) in [5, 5.41) is 12.0. The van der Waals surface area contributed by atoms with Crippen LogP contribution in [0.15, 0.2) is 24.3 Å². The van der Waals surface area contributed by atoms with Gasteiger partial charge >= 0.3 is 0 Å². The molecule has 0 fully saturated rings. The normalized spacial score (nSPS) is 14.0. The van der Waals surface area contributed by atoms with Crippen molar-refractivity contribution in [2.24, 2.45) is 0 Å². The number of rotatable bonds is 4. The molecule has 0 aromatic heterocycles. The Bertz CT molecular complexity index is 370. The number of hydrogen-bond donors (Lipinski definition) is 1. The summed E-state index contributed by atoms with van der Waals surface area (Å²) < 4.78 is 13.3. The zero-order valence-corrected chi connectivity index (χ0v) is 9.05. The fraction of sp³-hybridized carbons (Fsp3) is 0.417. The lowest BCUT2D eigenvalue weighted by molar-refractivity contribution is 0.566. The molecule has 0 saturated carbocycles. The Hall–Kier alpha value is -1.56. The van der Waals surface area contributed by atoms with Gasteiger partial charge in [0.15, 0.2) is 0 Å². The Labute approximate surface area is 89.7 Å². The van der Waals surface area contributed by atoms with Crippen LogP contribution in [0.3, 0.4) is 0 Å². The lowest BCUT2D eigenvalue weighted by atomic mass is 9.97. The van der Waals surface area contributed by atoms with Gasteiger partial charge in [-0.3, -0.25) is 0 Å². The minimum Gasteiger partial charge on any atom is -0.365 e. The maximum Gasteiger partial charge on any atom is 0.146 e. The lowest BCUT2D eigenvalue weighted by Gasteiger charge is -2.24. The topological polar surface area (TPSA) is 35.8 Å². The van der Waals surface area contributed by atoms with Gasteiger partial charge in [-0.15, -0.1) is 0 Å². The SMILES string of the molecule is CCCC(C)(C#N)Nc1ccccc1F. The van der Waals surface area contributed by atoms with Crippen LogP contribution in [0.1, 0.15) is 26.7 Å². The average molecular weight is 206 g/mol. The maximum atomic E-state index is 13.3. The van der Waals surface area contributed by atoms with E-state index in [0.29, 0.717) is 12.1 Å². The van der Waals surface area contributed by atoms with Crippen molar-refractivity contribution < 1.29 is 4.39 Å². The molecule has 1 unspecified atom stereocenters. The molecule has 0 bridgehead atoms. The van der Waals surface area contributed by atoms with Crippen LogP contribution in [0.25, 0.3) is 0 Å². The molecular formula is C12H15FN2. The number of hydrogen-bond acceptors (Lipinski definition) is 2. The Balaban J connectivity index is 2.85. The van der Waals surface area contributed by atoms with E-state index in [1.807, 2.05) is 6.92 Å². The van der Waals surface area contributed by atoms with E-state index < -0.39 is 5.54 Å². The van der Waals surface area contributed by atoms with Crippen LogP contribution in [0, 0.1) is 17.1 Å². The molecule has 0 aliphatic heterocycles. The predicted molar refractivity (Wildman–Crippen MR) is 58.9 cm³/mol. The van der Waals surface area contributed by atoms with Gasteiger partial charge in [0.1, 0.15) is 11.4 Å². The van der Waals surface area contributed by atoms with Gasteiger partial charge in [-0.2, -0.15) is 5.26 Å². The van der Waals surface area contributed by atoms with E-state index in [1.54, 1.807) is 25.1 Å². The van der Waals surface area contributed by atoms with E-state index in [-0.39, 0.29) is 5.82 Å². The highest BCUT2D eigenvalue weighted by Crippen LogP contribution is 2.21. The molecule has 0 heterocycles. The van der Waals surface area contributed by atoms with Crippen LogP contribution in [-0.4, -0.2) is 5.54 Å². The molecule has 0 aliphatic rings. The van der Waals surface area contributed by atoms with Gasteiger partial charge in [-0.25, -0.2) is 4.39 Å². The first-order valence-corrected chi connectivity index (χ1v) is 5.05. The minimum absolute atomic E-state index is 0.324. The molecule has 1 N–H and O–H groups in total. The van der Waals surface area contributed by atoms with E-state index in [0.717, 1.165) is 6.42 Å². The summed E-state index contributed by atoms with van der Waals surface area (Å²) in [6, 6.07) is 8.57. The van der Waals surface area contributed by atoms with Gasteiger partial charge in [-0.1, -0.05) is 25.5 Å². The van der Waals surface area contributed by atoms with E-state index in [2.05, 4.69) is 11.4 Å². The fourth-order valence-electron chi connectivity index (χ4n) is 1.51. The summed E-state index contributed by atoms with van der Waals surface area (Å²) in [5.74, 6) is -0.324. The van der Waals surface area contributed by atoms with Crippen molar-refractivity contribution in [2.45, 2.75) is 32.2 Å². The summed E-state index contributed by atoms with van der Waals surface area (Å²) in [6.07, 6.45) is 1.57. The molecule has 80 valence electrons. The van der Waals surface area contributed by atoms with Gasteiger partial charge in [0, 0.05) is 0 Å². The molecule has 0 saturated heterocycles. The summed E-state index contributed by atoms with van der Waals surface area (Å²) in [5.41, 5.74) is -0.313. The van der Waals surface area contributed by atoms with Crippen LogP contribution in [0.2, 0.25) is 0 Å². The molecule has 1 aromatic rings. The molecule has 1 rings (SSSR count). The number of nitrogens with one attached hydrogen (secondary N) is 1. The Morgan fingerprint density at radius 2 is 2.13 bits per heavy atom. The number of para-hydroxylation sites is 1. The van der Waals surface area contributed by atoms with Crippen molar-refractivity contribution in [3.63, 3.8) is 0 Å². The summed E-state index contributed by atoms with van der Waals surface area (Å²) >= 11 is 0. The molecule has 0 amide bonds.